The number of benzene rings is 10. The van der Waals surface area contributed by atoms with Crippen LogP contribution in [0.3, 0.4) is 0 Å². The molecule has 0 saturated heterocycles. The van der Waals surface area contributed by atoms with Gasteiger partial charge in [0.2, 0.25) is 0 Å². The van der Waals surface area contributed by atoms with E-state index in [0.29, 0.717) is 11.4 Å². The molecule has 0 atom stereocenters. The first kappa shape index (κ1) is 45.7. The predicted octanol–water partition coefficient (Wildman–Crippen LogP) is 18.9. The van der Waals surface area contributed by atoms with E-state index in [2.05, 4.69) is 160 Å². The van der Waals surface area contributed by atoms with Gasteiger partial charge in [0.25, 0.3) is 0 Å². The van der Waals surface area contributed by atoms with Gasteiger partial charge in [0, 0.05) is 21.5 Å². The number of rotatable bonds is 7. The van der Waals surface area contributed by atoms with Crippen LogP contribution in [0.1, 0.15) is 33.4 Å². The van der Waals surface area contributed by atoms with Crippen LogP contribution in [0, 0.1) is 45.6 Å². The van der Waals surface area contributed by atoms with Crippen LogP contribution < -0.4 is 0 Å². The molecule has 12 aromatic rings. The summed E-state index contributed by atoms with van der Waals surface area (Å²) in [5, 5.41) is 15.4. The molecule has 0 N–H and O–H groups in total. The Bertz CT molecular complexity index is 3940. The van der Waals surface area contributed by atoms with E-state index >= 15 is 13.2 Å². The van der Waals surface area contributed by atoms with Gasteiger partial charge in [-0.1, -0.05) is 162 Å². The van der Waals surface area contributed by atoms with Crippen LogP contribution in [-0.4, -0.2) is 9.13 Å². The molecule has 354 valence electrons. The molecule has 0 aliphatic carbocycles. The van der Waals surface area contributed by atoms with E-state index < -0.39 is 11.7 Å². The van der Waals surface area contributed by atoms with Gasteiger partial charge < -0.3 is 9.13 Å². The summed E-state index contributed by atoms with van der Waals surface area (Å²) in [5.74, 6) is 0. The SMILES string of the molecule is [C-]#[N+]c1cccc(C(F)(F)F)c1-c1cc(-n2c3ccc(-c4cccc(C)c4)cc3c3cc(-c4cccc(C)c4)ccc32)c(C#N)c(-n2c3ccc(-c4cccc(C)c4)cc3c3cc(-c4cccc(C)c4)ccc32)c1. The Morgan fingerprint density at radius 1 is 0.405 bits per heavy atom. The van der Waals surface area contributed by atoms with Crippen molar-refractivity contribution in [1.29, 1.82) is 5.26 Å². The Morgan fingerprint density at radius 3 is 1.03 bits per heavy atom. The lowest BCUT2D eigenvalue weighted by molar-refractivity contribution is -0.137. The Balaban J connectivity index is 1.22. The molecule has 74 heavy (non-hydrogen) atoms. The normalized spacial score (nSPS) is 11.7. The van der Waals surface area contributed by atoms with Gasteiger partial charge in [0.15, 0.2) is 5.69 Å². The summed E-state index contributed by atoms with van der Waals surface area (Å²) < 4.78 is 50.3. The molecule has 4 nitrogen and oxygen atoms in total. The number of aryl methyl sites for hydroxylation is 4. The molecule has 10 aromatic carbocycles. The van der Waals surface area contributed by atoms with Crippen LogP contribution in [0.5, 0.6) is 0 Å². The van der Waals surface area contributed by atoms with Crippen molar-refractivity contribution in [3.63, 3.8) is 0 Å². The monoisotopic (exact) mass is 962 g/mol. The lowest BCUT2D eigenvalue weighted by Crippen LogP contribution is -2.09. The Labute approximate surface area is 426 Å². The van der Waals surface area contributed by atoms with Gasteiger partial charge in [0.05, 0.1) is 45.6 Å². The quantitative estimate of drug-likeness (QED) is 0.147. The van der Waals surface area contributed by atoms with E-state index in [0.717, 1.165) is 116 Å². The van der Waals surface area contributed by atoms with Crippen LogP contribution in [0.15, 0.2) is 200 Å². The molecule has 0 spiro atoms. The lowest BCUT2D eigenvalue weighted by Gasteiger charge is -2.21. The maximum atomic E-state index is 15.4. The molecule has 2 heterocycles. The summed E-state index contributed by atoms with van der Waals surface area (Å²) in [6, 6.07) is 68.1. The van der Waals surface area contributed by atoms with Gasteiger partial charge in [-0.05, 0) is 144 Å². The van der Waals surface area contributed by atoms with Crippen molar-refractivity contribution in [1.82, 2.24) is 9.13 Å². The largest absolute Gasteiger partial charge is 0.415 e. The molecule has 0 aliphatic heterocycles. The summed E-state index contributed by atoms with van der Waals surface area (Å²) in [4.78, 5) is 3.70. The fourth-order valence-corrected chi connectivity index (χ4v) is 11.0. The van der Waals surface area contributed by atoms with Gasteiger partial charge in [-0.15, -0.1) is 0 Å². The van der Waals surface area contributed by atoms with E-state index in [1.165, 1.54) is 12.1 Å². The third kappa shape index (κ3) is 7.78. The third-order valence-electron chi connectivity index (χ3n) is 14.4. The number of nitrogens with zero attached hydrogens (tertiary/aromatic N) is 4. The highest BCUT2D eigenvalue weighted by atomic mass is 19.4. The van der Waals surface area contributed by atoms with E-state index in [-0.39, 0.29) is 22.4 Å². The number of alkyl halides is 3. The van der Waals surface area contributed by atoms with Crippen molar-refractivity contribution in [2.24, 2.45) is 0 Å². The molecule has 0 radical (unpaired) electrons. The first-order chi connectivity index (χ1) is 35.8. The minimum atomic E-state index is -4.80. The van der Waals surface area contributed by atoms with Crippen molar-refractivity contribution in [2.45, 2.75) is 33.9 Å². The topological polar surface area (TPSA) is 38.0 Å². The second-order valence-electron chi connectivity index (χ2n) is 19.4. The number of aromatic nitrogens is 2. The molecular formula is C67H45F3N4. The van der Waals surface area contributed by atoms with Gasteiger partial charge in [-0.3, -0.25) is 0 Å². The van der Waals surface area contributed by atoms with Gasteiger partial charge in [0.1, 0.15) is 11.6 Å². The van der Waals surface area contributed by atoms with Crippen LogP contribution in [0.2, 0.25) is 0 Å². The molecule has 0 fully saturated rings. The summed E-state index contributed by atoms with van der Waals surface area (Å²) in [6.07, 6.45) is -4.80. The summed E-state index contributed by atoms with van der Waals surface area (Å²) in [7, 11) is 0. The molecule has 2 aromatic heterocycles. The van der Waals surface area contributed by atoms with E-state index in [9.17, 15) is 5.26 Å². The zero-order valence-electron chi connectivity index (χ0n) is 41.0. The first-order valence-electron chi connectivity index (χ1n) is 24.5. The molecule has 7 heteroatoms. The van der Waals surface area contributed by atoms with E-state index in [4.69, 9.17) is 6.57 Å². The maximum Gasteiger partial charge on any atom is 0.415 e. The number of fused-ring (bicyclic) bond motifs is 6. The van der Waals surface area contributed by atoms with Gasteiger partial charge in [-0.2, -0.15) is 18.4 Å². The van der Waals surface area contributed by atoms with Crippen molar-refractivity contribution in [2.75, 3.05) is 0 Å². The third-order valence-corrected chi connectivity index (χ3v) is 14.4. The Kier molecular flexibility index (Phi) is 10.9. The number of hydrogen-bond acceptors (Lipinski definition) is 1. The number of hydrogen-bond donors (Lipinski definition) is 0. The van der Waals surface area contributed by atoms with E-state index in [1.54, 1.807) is 12.1 Å². The molecule has 0 unspecified atom stereocenters. The highest BCUT2D eigenvalue weighted by Gasteiger charge is 2.35. The lowest BCUT2D eigenvalue weighted by atomic mass is 9.94. The highest BCUT2D eigenvalue weighted by molar-refractivity contribution is 6.14. The van der Waals surface area contributed by atoms with Crippen LogP contribution in [0.25, 0.3) is 115 Å². The predicted molar refractivity (Wildman–Crippen MR) is 297 cm³/mol. The minimum Gasteiger partial charge on any atom is -0.308 e. The maximum absolute atomic E-state index is 15.4. The van der Waals surface area contributed by atoms with Crippen molar-refractivity contribution in [3.05, 3.63) is 245 Å². The summed E-state index contributed by atoms with van der Waals surface area (Å²) in [6.45, 7) is 16.5. The van der Waals surface area contributed by atoms with Gasteiger partial charge >= 0.3 is 6.18 Å². The fraction of sp³-hybridized carbons (Fsp3) is 0.0746. The molecular weight excluding hydrogens is 918 g/mol. The Hall–Kier alpha value is -9.43. The van der Waals surface area contributed by atoms with Crippen molar-refractivity contribution in [3.8, 4) is 73.1 Å². The molecule has 12 rings (SSSR count). The fourth-order valence-electron chi connectivity index (χ4n) is 11.0. The smallest absolute Gasteiger partial charge is 0.308 e. The second kappa shape index (κ2) is 17.7. The van der Waals surface area contributed by atoms with Crippen LogP contribution in [0.4, 0.5) is 18.9 Å². The molecule has 0 bridgehead atoms. The van der Waals surface area contributed by atoms with Crippen LogP contribution in [-0.2, 0) is 6.18 Å². The molecule has 0 amide bonds. The summed E-state index contributed by atoms with van der Waals surface area (Å²) in [5.41, 5.74) is 15.5. The zero-order chi connectivity index (χ0) is 51.0. The average Bonchev–Trinajstić information content (AvgIpc) is 3.94. The zero-order valence-corrected chi connectivity index (χ0v) is 41.0. The Morgan fingerprint density at radius 2 is 0.730 bits per heavy atom. The molecule has 0 saturated carbocycles. The average molecular weight is 963 g/mol. The second-order valence-corrected chi connectivity index (χ2v) is 19.4. The number of halogens is 3. The van der Waals surface area contributed by atoms with Crippen molar-refractivity contribution < 1.29 is 13.2 Å². The van der Waals surface area contributed by atoms with Crippen molar-refractivity contribution >= 4 is 49.3 Å². The summed E-state index contributed by atoms with van der Waals surface area (Å²) >= 11 is 0. The molecule has 0 aliphatic rings. The number of nitriles is 1. The highest BCUT2D eigenvalue weighted by Crippen LogP contribution is 2.47. The van der Waals surface area contributed by atoms with E-state index in [1.807, 2.05) is 57.7 Å². The van der Waals surface area contributed by atoms with Gasteiger partial charge in [-0.25, -0.2) is 4.85 Å². The standard InChI is InChI=1S/C67H45F3N4/c1-40-11-6-15-44(29-40)48-21-25-60-53(33-48)54-34-49(45-16-7-12-41(2)30-45)22-26-61(54)73(60)64-37-52(66-58(67(68,69)70)19-10-20-59(66)72-5)38-65(57(64)39-71)74-62-27-23-50(46-17-8-13-42(3)31-46)35-55(62)56-36-51(24-28-63(56)74)47-18-9-14-43(4)32-47/h6-38H,1-4H3. The first-order valence-corrected chi connectivity index (χ1v) is 24.5. The minimum absolute atomic E-state index is 0.151. The van der Waals surface area contributed by atoms with Crippen LogP contribution >= 0.6 is 0 Å².